The predicted octanol–water partition coefficient (Wildman–Crippen LogP) is 3.07. The molecule has 2 N–H and O–H groups in total. The van der Waals surface area contributed by atoms with E-state index in [-0.39, 0.29) is 0 Å². The maximum Gasteiger partial charge on any atom is 0.124 e. The second kappa shape index (κ2) is 6.64. The van der Waals surface area contributed by atoms with Gasteiger partial charge in [-0.3, -0.25) is 4.90 Å². The molecule has 0 unspecified atom stereocenters. The summed E-state index contributed by atoms with van der Waals surface area (Å²) in [6, 6.07) is 6.86. The highest BCUT2D eigenvalue weighted by atomic mass is 16.5. The second-order valence-electron chi connectivity index (χ2n) is 5.30. The summed E-state index contributed by atoms with van der Waals surface area (Å²) >= 11 is 0. The Kier molecular flexibility index (Phi) is 5.48. The van der Waals surface area contributed by atoms with E-state index in [1.807, 2.05) is 25.1 Å². The summed E-state index contributed by atoms with van der Waals surface area (Å²) in [5.41, 5.74) is 7.64. The first kappa shape index (κ1) is 14.8. The van der Waals surface area contributed by atoms with Crippen LogP contribution in [0.5, 0.6) is 5.75 Å². The number of benzene rings is 1. The fourth-order valence-electron chi connectivity index (χ4n) is 2.15. The summed E-state index contributed by atoms with van der Waals surface area (Å²) < 4.78 is 5.83. The van der Waals surface area contributed by atoms with Crippen LogP contribution in [0.15, 0.2) is 18.2 Å². The van der Waals surface area contributed by atoms with Gasteiger partial charge in [0, 0.05) is 30.4 Å². The topological polar surface area (TPSA) is 38.5 Å². The van der Waals surface area contributed by atoms with E-state index >= 15 is 0 Å². The average molecular weight is 250 g/mol. The Bertz CT molecular complexity index is 367. The van der Waals surface area contributed by atoms with Gasteiger partial charge in [0.25, 0.3) is 0 Å². The van der Waals surface area contributed by atoms with Crippen molar-refractivity contribution < 1.29 is 4.74 Å². The van der Waals surface area contributed by atoms with Crippen LogP contribution in [0, 0.1) is 6.92 Å². The molecule has 0 aromatic heterocycles. The van der Waals surface area contributed by atoms with Gasteiger partial charge in [-0.2, -0.15) is 0 Å². The minimum Gasteiger partial charge on any atom is -0.492 e. The van der Waals surface area contributed by atoms with Crippen molar-refractivity contribution in [2.75, 3.05) is 18.9 Å². The summed E-state index contributed by atoms with van der Waals surface area (Å²) in [4.78, 5) is 2.42. The van der Waals surface area contributed by atoms with Gasteiger partial charge < -0.3 is 10.5 Å². The van der Waals surface area contributed by atoms with Gasteiger partial charge in [0.05, 0.1) is 0 Å². The van der Waals surface area contributed by atoms with Crippen LogP contribution >= 0.6 is 0 Å². The maximum atomic E-state index is 5.83. The van der Waals surface area contributed by atoms with Crippen molar-refractivity contribution in [2.24, 2.45) is 0 Å². The normalized spacial score (nSPS) is 11.6. The molecule has 0 aliphatic heterocycles. The Morgan fingerprint density at radius 2 is 1.78 bits per heavy atom. The predicted molar refractivity (Wildman–Crippen MR) is 78.1 cm³/mol. The lowest BCUT2D eigenvalue weighted by Crippen LogP contribution is -2.39. The molecule has 0 atom stereocenters. The minimum atomic E-state index is 0.538. The minimum absolute atomic E-state index is 0.538. The molecular formula is C15H26N2O. The van der Waals surface area contributed by atoms with E-state index in [1.54, 1.807) is 0 Å². The van der Waals surface area contributed by atoms with E-state index in [0.717, 1.165) is 23.5 Å². The van der Waals surface area contributed by atoms with E-state index in [1.165, 1.54) is 0 Å². The van der Waals surface area contributed by atoms with E-state index in [2.05, 4.69) is 32.6 Å². The van der Waals surface area contributed by atoms with E-state index in [9.17, 15) is 0 Å². The molecule has 1 aromatic rings. The van der Waals surface area contributed by atoms with Crippen molar-refractivity contribution in [3.63, 3.8) is 0 Å². The highest BCUT2D eigenvalue weighted by Gasteiger charge is 2.13. The van der Waals surface area contributed by atoms with Crippen LogP contribution in [-0.2, 0) is 0 Å². The largest absolute Gasteiger partial charge is 0.492 e. The van der Waals surface area contributed by atoms with Gasteiger partial charge in [0.2, 0.25) is 0 Å². The highest BCUT2D eigenvalue weighted by molar-refractivity contribution is 5.47. The van der Waals surface area contributed by atoms with Crippen molar-refractivity contribution in [2.45, 2.75) is 46.7 Å². The molecule has 0 amide bonds. The van der Waals surface area contributed by atoms with Gasteiger partial charge in [0.1, 0.15) is 12.4 Å². The third-order valence-electron chi connectivity index (χ3n) is 3.15. The molecule has 0 fully saturated rings. The first-order valence-corrected chi connectivity index (χ1v) is 6.66. The third kappa shape index (κ3) is 4.22. The van der Waals surface area contributed by atoms with Gasteiger partial charge in [-0.25, -0.2) is 0 Å². The molecule has 1 aromatic carbocycles. The van der Waals surface area contributed by atoms with Crippen LogP contribution in [0.4, 0.5) is 5.69 Å². The van der Waals surface area contributed by atoms with Crippen LogP contribution in [0.2, 0.25) is 0 Å². The molecule has 18 heavy (non-hydrogen) atoms. The molecule has 0 spiro atoms. The van der Waals surface area contributed by atoms with Crippen molar-refractivity contribution >= 4 is 5.69 Å². The Labute approximate surface area is 111 Å². The van der Waals surface area contributed by atoms with Gasteiger partial charge in [-0.05, 0) is 46.2 Å². The first-order chi connectivity index (χ1) is 8.41. The van der Waals surface area contributed by atoms with Crippen LogP contribution < -0.4 is 10.5 Å². The van der Waals surface area contributed by atoms with Gasteiger partial charge in [0.15, 0.2) is 0 Å². The fraction of sp³-hybridized carbons (Fsp3) is 0.600. The van der Waals surface area contributed by atoms with E-state index < -0.39 is 0 Å². The third-order valence-corrected chi connectivity index (χ3v) is 3.15. The zero-order chi connectivity index (χ0) is 13.7. The Morgan fingerprint density at radius 3 is 2.33 bits per heavy atom. The molecule has 1 rings (SSSR count). The highest BCUT2D eigenvalue weighted by Crippen LogP contribution is 2.20. The Balaban J connectivity index is 2.52. The quantitative estimate of drug-likeness (QED) is 0.789. The van der Waals surface area contributed by atoms with Crippen LogP contribution in [0.1, 0.15) is 33.3 Å². The molecule has 3 nitrogen and oxygen atoms in total. The van der Waals surface area contributed by atoms with Crippen molar-refractivity contribution in [1.82, 2.24) is 4.90 Å². The summed E-state index contributed by atoms with van der Waals surface area (Å²) in [5.74, 6) is 0.891. The molecular weight excluding hydrogens is 224 g/mol. The lowest BCUT2D eigenvalue weighted by atomic mass is 10.2. The summed E-state index contributed by atoms with van der Waals surface area (Å²) in [6.07, 6.45) is 0. The lowest BCUT2D eigenvalue weighted by molar-refractivity contribution is 0.141. The van der Waals surface area contributed by atoms with Crippen LogP contribution in [0.3, 0.4) is 0 Å². The van der Waals surface area contributed by atoms with E-state index in [0.29, 0.717) is 18.7 Å². The number of nitrogens with two attached hydrogens (primary N) is 1. The van der Waals surface area contributed by atoms with Crippen molar-refractivity contribution in [3.8, 4) is 5.75 Å². The average Bonchev–Trinajstić information content (AvgIpc) is 2.27. The molecule has 3 heteroatoms. The molecule has 0 saturated carbocycles. The number of aryl methyl sites for hydroxylation is 1. The number of rotatable bonds is 6. The van der Waals surface area contributed by atoms with Crippen LogP contribution in [0.25, 0.3) is 0 Å². The van der Waals surface area contributed by atoms with Crippen molar-refractivity contribution in [3.05, 3.63) is 23.8 Å². The lowest BCUT2D eigenvalue weighted by Gasteiger charge is -2.30. The zero-order valence-corrected chi connectivity index (χ0v) is 12.2. The standard InChI is InChI=1S/C15H26N2O/c1-11(2)17(12(3)4)8-9-18-15-10-14(16)7-6-13(15)5/h6-7,10-12H,8-9,16H2,1-5H3. The summed E-state index contributed by atoms with van der Waals surface area (Å²) in [7, 11) is 0. The number of anilines is 1. The molecule has 0 aliphatic carbocycles. The number of nitrogens with zero attached hydrogens (tertiary/aromatic N) is 1. The Morgan fingerprint density at radius 1 is 1.17 bits per heavy atom. The Hall–Kier alpha value is -1.22. The van der Waals surface area contributed by atoms with Gasteiger partial charge >= 0.3 is 0 Å². The maximum absolute atomic E-state index is 5.83. The SMILES string of the molecule is Cc1ccc(N)cc1OCCN(C(C)C)C(C)C. The number of nitrogen functional groups attached to an aromatic ring is 1. The summed E-state index contributed by atoms with van der Waals surface area (Å²) in [6.45, 7) is 12.5. The number of hydrogen-bond acceptors (Lipinski definition) is 3. The molecule has 0 saturated heterocycles. The zero-order valence-electron chi connectivity index (χ0n) is 12.2. The molecule has 0 aliphatic rings. The molecule has 0 radical (unpaired) electrons. The molecule has 0 bridgehead atoms. The monoisotopic (exact) mass is 250 g/mol. The summed E-state index contributed by atoms with van der Waals surface area (Å²) in [5, 5.41) is 0. The molecule has 102 valence electrons. The molecule has 0 heterocycles. The van der Waals surface area contributed by atoms with Crippen LogP contribution in [-0.4, -0.2) is 30.1 Å². The smallest absolute Gasteiger partial charge is 0.124 e. The number of hydrogen-bond donors (Lipinski definition) is 1. The van der Waals surface area contributed by atoms with Gasteiger partial charge in [-0.15, -0.1) is 0 Å². The van der Waals surface area contributed by atoms with E-state index in [4.69, 9.17) is 10.5 Å². The van der Waals surface area contributed by atoms with Crippen molar-refractivity contribution in [1.29, 1.82) is 0 Å². The second-order valence-corrected chi connectivity index (χ2v) is 5.30. The first-order valence-electron chi connectivity index (χ1n) is 6.66. The fourth-order valence-corrected chi connectivity index (χ4v) is 2.15. The van der Waals surface area contributed by atoms with Gasteiger partial charge in [-0.1, -0.05) is 6.07 Å². The number of ether oxygens (including phenoxy) is 1.